The lowest BCUT2D eigenvalue weighted by molar-refractivity contribution is -0.137. The predicted octanol–water partition coefficient (Wildman–Crippen LogP) is 6.30. The minimum absolute atomic E-state index is 0.0811. The van der Waals surface area contributed by atoms with Crippen molar-refractivity contribution >= 4 is 23.7 Å². The van der Waals surface area contributed by atoms with Crippen LogP contribution in [-0.4, -0.2) is 41.1 Å². The summed E-state index contributed by atoms with van der Waals surface area (Å²) in [7, 11) is 0. The molecule has 0 saturated heterocycles. The molecular weight excluding hydrogens is 511 g/mol. The predicted molar refractivity (Wildman–Crippen MR) is 149 cm³/mol. The number of benzene rings is 4. The molecule has 7 nitrogen and oxygen atoms in total. The standard InChI is InChI=1S/C32H27FN2O5/c33-29-18-22(14-15-27(29)31(38)35(17-16-30(36)37)19-21-8-2-1-3-9-21)34-32(39)40-20-28-25-12-6-4-10-23(25)24-11-5-7-13-26(24)28/h1-15,18,28H,16-17,19-20H2,(H,34,39)(H,36,37). The van der Waals surface area contributed by atoms with Crippen LogP contribution in [0, 0.1) is 5.82 Å². The summed E-state index contributed by atoms with van der Waals surface area (Å²) in [5.74, 6) is -2.66. The van der Waals surface area contributed by atoms with E-state index < -0.39 is 23.8 Å². The second kappa shape index (κ2) is 11.8. The average molecular weight is 539 g/mol. The smallest absolute Gasteiger partial charge is 0.411 e. The van der Waals surface area contributed by atoms with Crippen molar-refractivity contribution in [2.75, 3.05) is 18.5 Å². The van der Waals surface area contributed by atoms with Crippen molar-refractivity contribution in [2.24, 2.45) is 0 Å². The van der Waals surface area contributed by atoms with Crippen LogP contribution in [-0.2, 0) is 16.1 Å². The van der Waals surface area contributed by atoms with Crippen molar-refractivity contribution in [2.45, 2.75) is 18.9 Å². The lowest BCUT2D eigenvalue weighted by Gasteiger charge is -2.23. The minimum Gasteiger partial charge on any atom is -0.481 e. The van der Waals surface area contributed by atoms with Gasteiger partial charge in [-0.05, 0) is 46.0 Å². The second-order valence-electron chi connectivity index (χ2n) is 9.50. The van der Waals surface area contributed by atoms with Crippen molar-refractivity contribution in [1.29, 1.82) is 0 Å². The molecule has 0 aliphatic heterocycles. The van der Waals surface area contributed by atoms with E-state index in [0.717, 1.165) is 33.9 Å². The van der Waals surface area contributed by atoms with Crippen LogP contribution in [0.25, 0.3) is 11.1 Å². The monoisotopic (exact) mass is 538 g/mol. The number of halogens is 1. The number of fused-ring (bicyclic) bond motifs is 3. The molecule has 0 unspecified atom stereocenters. The summed E-state index contributed by atoms with van der Waals surface area (Å²) in [6.45, 7) is 0.158. The summed E-state index contributed by atoms with van der Waals surface area (Å²) >= 11 is 0. The third-order valence-electron chi connectivity index (χ3n) is 6.89. The third kappa shape index (κ3) is 5.86. The highest BCUT2D eigenvalue weighted by molar-refractivity contribution is 5.95. The van der Waals surface area contributed by atoms with Crippen LogP contribution in [0.4, 0.5) is 14.9 Å². The molecule has 1 aliphatic carbocycles. The summed E-state index contributed by atoms with van der Waals surface area (Å²) < 4.78 is 20.6. The number of carboxylic acid groups (broad SMARTS) is 1. The maximum absolute atomic E-state index is 15.1. The van der Waals surface area contributed by atoms with Crippen molar-refractivity contribution in [3.63, 3.8) is 0 Å². The second-order valence-corrected chi connectivity index (χ2v) is 9.50. The first kappa shape index (κ1) is 26.6. The molecule has 0 fully saturated rings. The quantitative estimate of drug-likeness (QED) is 0.261. The van der Waals surface area contributed by atoms with Gasteiger partial charge in [0, 0.05) is 24.7 Å². The molecule has 2 amide bonds. The number of carbonyl (C=O) groups is 3. The van der Waals surface area contributed by atoms with Crippen LogP contribution >= 0.6 is 0 Å². The lowest BCUT2D eigenvalue weighted by Crippen LogP contribution is -2.33. The SMILES string of the molecule is O=C(O)CCN(Cc1ccccc1)C(=O)c1ccc(NC(=O)OCC2c3ccccc3-c3ccccc32)cc1F. The molecule has 0 atom stereocenters. The molecule has 0 radical (unpaired) electrons. The number of amides is 2. The van der Waals surface area contributed by atoms with Gasteiger partial charge in [0.1, 0.15) is 12.4 Å². The Morgan fingerprint density at radius 1 is 0.850 bits per heavy atom. The van der Waals surface area contributed by atoms with E-state index in [9.17, 15) is 14.4 Å². The Bertz CT molecular complexity index is 1510. The zero-order chi connectivity index (χ0) is 28.1. The molecule has 1 aliphatic rings. The number of aliphatic carboxylic acids is 1. The van der Waals surface area contributed by atoms with Gasteiger partial charge in [0.2, 0.25) is 0 Å². The van der Waals surface area contributed by atoms with Crippen LogP contribution in [0.3, 0.4) is 0 Å². The van der Waals surface area contributed by atoms with Crippen LogP contribution in [0.15, 0.2) is 97.1 Å². The molecule has 4 aromatic rings. The van der Waals surface area contributed by atoms with Crippen molar-refractivity contribution in [3.8, 4) is 11.1 Å². The fraction of sp³-hybridized carbons (Fsp3) is 0.156. The van der Waals surface area contributed by atoms with Crippen LogP contribution in [0.5, 0.6) is 0 Å². The van der Waals surface area contributed by atoms with Crippen molar-refractivity contribution < 1.29 is 28.6 Å². The van der Waals surface area contributed by atoms with E-state index in [0.29, 0.717) is 0 Å². The fourth-order valence-corrected chi connectivity index (χ4v) is 4.98. The molecule has 40 heavy (non-hydrogen) atoms. The van der Waals surface area contributed by atoms with E-state index in [2.05, 4.69) is 5.32 Å². The van der Waals surface area contributed by atoms with Crippen LogP contribution in [0.2, 0.25) is 0 Å². The van der Waals surface area contributed by atoms with Gasteiger partial charge in [0.05, 0.1) is 12.0 Å². The molecule has 0 aromatic heterocycles. The van der Waals surface area contributed by atoms with Gasteiger partial charge < -0.3 is 14.7 Å². The lowest BCUT2D eigenvalue weighted by atomic mass is 9.98. The highest BCUT2D eigenvalue weighted by Crippen LogP contribution is 2.44. The Kier molecular flexibility index (Phi) is 7.87. The minimum atomic E-state index is -1.06. The summed E-state index contributed by atoms with van der Waals surface area (Å²) in [6.07, 6.45) is -1.02. The molecule has 202 valence electrons. The number of hydrogen-bond acceptors (Lipinski definition) is 4. The molecular formula is C32H27FN2O5. The summed E-state index contributed by atoms with van der Waals surface area (Å²) in [4.78, 5) is 38.2. The Labute approximate surface area is 230 Å². The summed E-state index contributed by atoms with van der Waals surface area (Å²) in [5, 5.41) is 11.6. The first-order valence-corrected chi connectivity index (χ1v) is 12.9. The number of rotatable bonds is 9. The zero-order valence-corrected chi connectivity index (χ0v) is 21.5. The largest absolute Gasteiger partial charge is 0.481 e. The Balaban J connectivity index is 1.25. The number of ether oxygens (including phenoxy) is 1. The molecule has 0 heterocycles. The number of carboxylic acids is 1. The maximum Gasteiger partial charge on any atom is 0.411 e. The summed E-state index contributed by atoms with van der Waals surface area (Å²) in [5.41, 5.74) is 5.07. The first-order valence-electron chi connectivity index (χ1n) is 12.9. The van der Waals surface area contributed by atoms with E-state index in [1.807, 2.05) is 54.6 Å². The summed E-state index contributed by atoms with van der Waals surface area (Å²) in [6, 6.07) is 28.8. The van der Waals surface area contributed by atoms with Gasteiger partial charge in [-0.15, -0.1) is 0 Å². The fourth-order valence-electron chi connectivity index (χ4n) is 4.98. The number of nitrogens with one attached hydrogen (secondary N) is 1. The van der Waals surface area contributed by atoms with E-state index in [1.165, 1.54) is 17.0 Å². The van der Waals surface area contributed by atoms with Gasteiger partial charge in [-0.3, -0.25) is 14.9 Å². The van der Waals surface area contributed by atoms with Crippen molar-refractivity contribution in [1.82, 2.24) is 4.90 Å². The highest BCUT2D eigenvalue weighted by atomic mass is 19.1. The van der Waals surface area contributed by atoms with Gasteiger partial charge >= 0.3 is 12.1 Å². The third-order valence-corrected chi connectivity index (χ3v) is 6.89. The number of hydrogen-bond donors (Lipinski definition) is 2. The zero-order valence-electron chi connectivity index (χ0n) is 21.5. The molecule has 4 aromatic carbocycles. The Hall–Kier alpha value is -4.98. The van der Waals surface area contributed by atoms with Gasteiger partial charge in [-0.1, -0.05) is 78.9 Å². The number of anilines is 1. The first-order chi connectivity index (χ1) is 19.4. The average Bonchev–Trinajstić information content (AvgIpc) is 3.28. The molecule has 2 N–H and O–H groups in total. The topological polar surface area (TPSA) is 95.9 Å². The van der Waals surface area contributed by atoms with E-state index in [-0.39, 0.29) is 43.3 Å². The van der Waals surface area contributed by atoms with E-state index in [1.54, 1.807) is 24.3 Å². The van der Waals surface area contributed by atoms with Gasteiger partial charge in [0.15, 0.2) is 0 Å². The Morgan fingerprint density at radius 2 is 1.48 bits per heavy atom. The highest BCUT2D eigenvalue weighted by Gasteiger charge is 2.29. The normalized spacial score (nSPS) is 11.8. The Morgan fingerprint density at radius 3 is 2.10 bits per heavy atom. The van der Waals surface area contributed by atoms with Gasteiger partial charge in [-0.2, -0.15) is 0 Å². The van der Waals surface area contributed by atoms with E-state index in [4.69, 9.17) is 9.84 Å². The van der Waals surface area contributed by atoms with Crippen LogP contribution in [0.1, 0.15) is 39.4 Å². The van der Waals surface area contributed by atoms with Gasteiger partial charge in [-0.25, -0.2) is 9.18 Å². The molecule has 0 bridgehead atoms. The number of carbonyl (C=O) groups excluding carboxylic acids is 2. The molecule has 8 heteroatoms. The maximum atomic E-state index is 15.1. The molecule has 5 rings (SSSR count). The van der Waals surface area contributed by atoms with Crippen LogP contribution < -0.4 is 5.32 Å². The molecule has 0 saturated carbocycles. The number of nitrogens with zero attached hydrogens (tertiary/aromatic N) is 1. The van der Waals surface area contributed by atoms with Crippen molar-refractivity contribution in [3.05, 3.63) is 125 Å². The van der Waals surface area contributed by atoms with E-state index >= 15 is 4.39 Å². The van der Waals surface area contributed by atoms with Gasteiger partial charge in [0.25, 0.3) is 5.91 Å². The molecule has 0 spiro atoms.